The normalized spacial score (nSPS) is 11.8. The van der Waals surface area contributed by atoms with Gasteiger partial charge in [0.1, 0.15) is 5.82 Å². The number of hydrogen-bond donors (Lipinski definition) is 1. The molecule has 0 atom stereocenters. The number of nitrogens with zero attached hydrogens (tertiary/aromatic N) is 3. The zero-order valence-electron chi connectivity index (χ0n) is 13.6. The monoisotopic (exact) mass is 304 g/mol. The van der Waals surface area contributed by atoms with E-state index in [1.54, 1.807) is 18.7 Å². The highest BCUT2D eigenvalue weighted by Gasteiger charge is 2.12. The summed E-state index contributed by atoms with van der Waals surface area (Å²) in [4.78, 5) is 30.2. The maximum atomic E-state index is 11.9. The molecule has 2 rings (SSSR count). The van der Waals surface area contributed by atoms with Crippen molar-refractivity contribution in [3.8, 4) is 0 Å². The van der Waals surface area contributed by atoms with Crippen molar-refractivity contribution in [2.45, 2.75) is 45.4 Å². The Hall–Kier alpha value is -2.11. The molecule has 0 fully saturated rings. The summed E-state index contributed by atoms with van der Waals surface area (Å²) < 4.78 is 3.08. The van der Waals surface area contributed by atoms with Crippen LogP contribution in [-0.2, 0) is 14.1 Å². The van der Waals surface area contributed by atoms with Gasteiger partial charge < -0.3 is 4.57 Å². The minimum atomic E-state index is -0.443. The van der Waals surface area contributed by atoms with Crippen LogP contribution in [0, 0.1) is 0 Å². The number of fused-ring (bicyclic) bond motifs is 1. The molecule has 0 aliphatic carbocycles. The van der Waals surface area contributed by atoms with Crippen molar-refractivity contribution >= 4 is 17.2 Å². The smallest absolute Gasteiger partial charge is 0.322 e. The van der Waals surface area contributed by atoms with Crippen LogP contribution in [0.4, 0.5) is 0 Å². The highest BCUT2D eigenvalue weighted by atomic mass is 16.2. The summed E-state index contributed by atoms with van der Waals surface area (Å²) in [6.07, 6.45) is 11.3. The van der Waals surface area contributed by atoms with E-state index in [1.165, 1.54) is 36.7 Å². The molecule has 0 bridgehead atoms. The Morgan fingerprint density at radius 1 is 1.09 bits per heavy atom. The number of imidazole rings is 1. The third-order valence-electron chi connectivity index (χ3n) is 3.91. The first kappa shape index (κ1) is 16.3. The van der Waals surface area contributed by atoms with Gasteiger partial charge in [-0.05, 0) is 18.9 Å². The summed E-state index contributed by atoms with van der Waals surface area (Å²) in [6, 6.07) is 0. The molecule has 0 aromatic carbocycles. The van der Waals surface area contributed by atoms with E-state index < -0.39 is 11.2 Å². The number of nitrogens with one attached hydrogen (secondary N) is 1. The predicted molar refractivity (Wildman–Crippen MR) is 89.0 cm³/mol. The lowest BCUT2D eigenvalue weighted by Crippen LogP contribution is -2.29. The van der Waals surface area contributed by atoms with Gasteiger partial charge in [-0.2, -0.15) is 0 Å². The Balaban J connectivity index is 2.14. The van der Waals surface area contributed by atoms with Crippen molar-refractivity contribution in [1.29, 1.82) is 0 Å². The molecule has 0 saturated heterocycles. The van der Waals surface area contributed by atoms with Crippen molar-refractivity contribution < 1.29 is 0 Å². The fourth-order valence-electron chi connectivity index (χ4n) is 2.53. The van der Waals surface area contributed by atoms with Gasteiger partial charge in [-0.15, -0.1) is 0 Å². The van der Waals surface area contributed by atoms with Crippen molar-refractivity contribution in [3.05, 3.63) is 32.7 Å². The minimum absolute atomic E-state index is 0.396. The van der Waals surface area contributed by atoms with E-state index in [4.69, 9.17) is 0 Å². The van der Waals surface area contributed by atoms with Crippen LogP contribution in [-0.4, -0.2) is 19.1 Å². The number of aromatic amines is 1. The molecule has 6 nitrogen and oxygen atoms in total. The van der Waals surface area contributed by atoms with Crippen molar-refractivity contribution in [1.82, 2.24) is 19.1 Å². The van der Waals surface area contributed by atoms with E-state index in [2.05, 4.69) is 23.0 Å². The maximum absolute atomic E-state index is 11.9. The molecule has 1 N–H and O–H groups in total. The second-order valence-electron chi connectivity index (χ2n) is 5.62. The zero-order valence-corrected chi connectivity index (χ0v) is 13.6. The molecule has 0 radical (unpaired) electrons. The second kappa shape index (κ2) is 7.24. The van der Waals surface area contributed by atoms with E-state index in [-0.39, 0.29) is 0 Å². The number of allylic oxidation sites excluding steroid dienone is 1. The Morgan fingerprint density at radius 2 is 1.82 bits per heavy atom. The first-order valence-corrected chi connectivity index (χ1v) is 7.88. The van der Waals surface area contributed by atoms with Gasteiger partial charge in [-0.25, -0.2) is 9.78 Å². The number of H-pyrrole nitrogens is 1. The Bertz CT molecular complexity index is 780. The molecule has 0 amide bonds. The quantitative estimate of drug-likeness (QED) is 0.798. The fourth-order valence-corrected chi connectivity index (χ4v) is 2.53. The first-order valence-electron chi connectivity index (χ1n) is 7.88. The van der Waals surface area contributed by atoms with E-state index >= 15 is 0 Å². The second-order valence-corrected chi connectivity index (χ2v) is 5.62. The topological polar surface area (TPSA) is 72.7 Å². The Morgan fingerprint density at radius 3 is 2.55 bits per heavy atom. The predicted octanol–water partition coefficient (Wildman–Crippen LogP) is 2.33. The van der Waals surface area contributed by atoms with Crippen LogP contribution in [0.1, 0.15) is 51.3 Å². The largest absolute Gasteiger partial charge is 0.329 e. The number of aromatic nitrogens is 4. The third kappa shape index (κ3) is 3.37. The molecule has 0 spiro atoms. The van der Waals surface area contributed by atoms with Gasteiger partial charge in [-0.1, -0.05) is 38.7 Å². The number of hydrogen-bond acceptors (Lipinski definition) is 3. The average Bonchev–Trinajstić information content (AvgIpc) is 2.82. The van der Waals surface area contributed by atoms with Crippen LogP contribution in [0.3, 0.4) is 0 Å². The molecule has 120 valence electrons. The van der Waals surface area contributed by atoms with Gasteiger partial charge in [0.25, 0.3) is 5.56 Å². The summed E-state index contributed by atoms with van der Waals surface area (Å²) in [7, 11) is 3.39. The molecule has 0 aliphatic heterocycles. The van der Waals surface area contributed by atoms with Gasteiger partial charge in [0, 0.05) is 14.1 Å². The summed E-state index contributed by atoms with van der Waals surface area (Å²) in [5.74, 6) is 0.690. The van der Waals surface area contributed by atoms with Crippen molar-refractivity contribution in [2.24, 2.45) is 14.1 Å². The highest BCUT2D eigenvalue weighted by molar-refractivity contribution is 5.73. The van der Waals surface area contributed by atoms with Gasteiger partial charge in [-0.3, -0.25) is 14.3 Å². The molecule has 6 heteroatoms. The standard InChI is InChI=1S/C16H24N4O2/c1-4-5-6-7-8-9-10-11-12-17-14-13(19(12)2)15(21)18-16(22)20(14)3/h10-11H,4-9H2,1-3H3,(H,18,21,22). The van der Waals surface area contributed by atoms with Crippen LogP contribution in [0.5, 0.6) is 0 Å². The number of unbranched alkanes of at least 4 members (excludes halogenated alkanes) is 5. The summed E-state index contributed by atoms with van der Waals surface area (Å²) in [5.41, 5.74) is -0.00193. The lowest BCUT2D eigenvalue weighted by Gasteiger charge is -1.98. The highest BCUT2D eigenvalue weighted by Crippen LogP contribution is 2.11. The van der Waals surface area contributed by atoms with E-state index in [0.29, 0.717) is 17.0 Å². The molecule has 2 aromatic heterocycles. The molecular formula is C16H24N4O2. The molecule has 2 heterocycles. The molecular weight excluding hydrogens is 280 g/mol. The minimum Gasteiger partial charge on any atom is -0.322 e. The Labute approximate surface area is 129 Å². The summed E-state index contributed by atoms with van der Waals surface area (Å²) in [6.45, 7) is 2.21. The zero-order chi connectivity index (χ0) is 16.1. The molecule has 0 saturated carbocycles. The lowest BCUT2D eigenvalue weighted by molar-refractivity contribution is 0.638. The lowest BCUT2D eigenvalue weighted by atomic mass is 10.1. The molecule has 0 aliphatic rings. The Kier molecular flexibility index (Phi) is 5.35. The van der Waals surface area contributed by atoms with Crippen LogP contribution < -0.4 is 11.2 Å². The number of aryl methyl sites for hydroxylation is 2. The maximum Gasteiger partial charge on any atom is 0.329 e. The van der Waals surface area contributed by atoms with E-state index in [9.17, 15) is 9.59 Å². The molecule has 2 aromatic rings. The van der Waals surface area contributed by atoms with Gasteiger partial charge >= 0.3 is 5.69 Å². The SMILES string of the molecule is CCCCCCCC=Cc1nc2c(c(=O)[nH]c(=O)n2C)n1C. The summed E-state index contributed by atoms with van der Waals surface area (Å²) >= 11 is 0. The average molecular weight is 304 g/mol. The van der Waals surface area contributed by atoms with Crippen molar-refractivity contribution in [3.63, 3.8) is 0 Å². The van der Waals surface area contributed by atoms with Crippen LogP contribution in [0.15, 0.2) is 15.7 Å². The van der Waals surface area contributed by atoms with Gasteiger partial charge in [0.05, 0.1) is 0 Å². The fraction of sp³-hybridized carbons (Fsp3) is 0.562. The van der Waals surface area contributed by atoms with Gasteiger partial charge in [0.2, 0.25) is 0 Å². The third-order valence-corrected chi connectivity index (χ3v) is 3.91. The van der Waals surface area contributed by atoms with Crippen LogP contribution in [0.25, 0.3) is 17.2 Å². The van der Waals surface area contributed by atoms with Crippen LogP contribution >= 0.6 is 0 Å². The first-order chi connectivity index (χ1) is 10.6. The number of rotatable bonds is 7. The van der Waals surface area contributed by atoms with Crippen molar-refractivity contribution in [2.75, 3.05) is 0 Å². The summed E-state index contributed by atoms with van der Waals surface area (Å²) in [5, 5.41) is 0. The molecule has 0 unspecified atom stereocenters. The van der Waals surface area contributed by atoms with Crippen LogP contribution in [0.2, 0.25) is 0 Å². The van der Waals surface area contributed by atoms with Gasteiger partial charge in [0.15, 0.2) is 11.2 Å². The van der Waals surface area contributed by atoms with E-state index in [1.807, 2.05) is 6.08 Å². The molecule has 22 heavy (non-hydrogen) atoms. The van der Waals surface area contributed by atoms with E-state index in [0.717, 1.165) is 6.42 Å².